The minimum absolute atomic E-state index is 0.0165. The van der Waals surface area contributed by atoms with E-state index in [1.54, 1.807) is 18.2 Å². The Balaban J connectivity index is 2.09. The number of halogens is 1. The molecule has 0 aromatic heterocycles. The van der Waals surface area contributed by atoms with Crippen LogP contribution in [0.3, 0.4) is 0 Å². The van der Waals surface area contributed by atoms with E-state index in [-0.39, 0.29) is 17.4 Å². The fraction of sp³-hybridized carbons (Fsp3) is 0.467. The Morgan fingerprint density at radius 3 is 2.60 bits per heavy atom. The molecule has 0 atom stereocenters. The van der Waals surface area contributed by atoms with Crippen molar-refractivity contribution < 1.29 is 14.3 Å². The van der Waals surface area contributed by atoms with Crippen molar-refractivity contribution in [2.45, 2.75) is 32.1 Å². The van der Waals surface area contributed by atoms with E-state index in [1.807, 2.05) is 0 Å². The molecule has 1 fully saturated rings. The molecule has 1 aromatic rings. The molecule has 1 amide bonds. The molecule has 0 spiro atoms. The molecule has 1 aliphatic carbocycles. The predicted octanol–water partition coefficient (Wildman–Crippen LogP) is 3.65. The second-order valence-corrected chi connectivity index (χ2v) is 5.42. The number of carbonyl (C=O) groups is 2. The van der Waals surface area contributed by atoms with Crippen molar-refractivity contribution in [3.63, 3.8) is 0 Å². The zero-order chi connectivity index (χ0) is 14.5. The van der Waals surface area contributed by atoms with Gasteiger partial charge in [0.15, 0.2) is 0 Å². The number of esters is 1. The van der Waals surface area contributed by atoms with Crippen LogP contribution in [-0.4, -0.2) is 19.0 Å². The lowest BCUT2D eigenvalue weighted by Gasteiger charge is -2.20. The van der Waals surface area contributed by atoms with E-state index in [0.717, 1.165) is 25.7 Å². The Hall–Kier alpha value is -1.55. The molecular weight excluding hydrogens is 278 g/mol. The third-order valence-corrected chi connectivity index (χ3v) is 3.94. The zero-order valence-electron chi connectivity index (χ0n) is 11.4. The Bertz CT molecular complexity index is 510. The van der Waals surface area contributed by atoms with Crippen LogP contribution in [0.1, 0.15) is 42.5 Å². The van der Waals surface area contributed by atoms with Crippen LogP contribution in [0, 0.1) is 5.92 Å². The maximum atomic E-state index is 12.1. The summed E-state index contributed by atoms with van der Waals surface area (Å²) in [4.78, 5) is 23.7. The van der Waals surface area contributed by atoms with Crippen LogP contribution < -0.4 is 5.32 Å². The highest BCUT2D eigenvalue weighted by atomic mass is 35.5. The fourth-order valence-corrected chi connectivity index (χ4v) is 2.67. The topological polar surface area (TPSA) is 55.4 Å². The summed E-state index contributed by atoms with van der Waals surface area (Å²) in [5.74, 6) is -0.424. The molecule has 1 saturated carbocycles. The summed E-state index contributed by atoms with van der Waals surface area (Å²) in [6.45, 7) is 0. The largest absolute Gasteiger partial charge is 0.465 e. The number of hydrogen-bond donors (Lipinski definition) is 1. The monoisotopic (exact) mass is 295 g/mol. The van der Waals surface area contributed by atoms with Crippen LogP contribution in [-0.2, 0) is 9.53 Å². The summed E-state index contributed by atoms with van der Waals surface area (Å²) in [5, 5.41) is 3.17. The maximum absolute atomic E-state index is 12.1. The zero-order valence-corrected chi connectivity index (χ0v) is 12.2. The lowest BCUT2D eigenvalue weighted by molar-refractivity contribution is -0.120. The fourth-order valence-electron chi connectivity index (χ4n) is 2.48. The summed E-state index contributed by atoms with van der Waals surface area (Å²) in [6, 6.07) is 4.83. The van der Waals surface area contributed by atoms with Crippen LogP contribution in [0.15, 0.2) is 18.2 Å². The normalized spacial score (nSPS) is 15.7. The first kappa shape index (κ1) is 14.9. The van der Waals surface area contributed by atoms with Crippen LogP contribution in [0.25, 0.3) is 0 Å². The smallest absolute Gasteiger partial charge is 0.339 e. The van der Waals surface area contributed by atoms with Crippen molar-refractivity contribution in [2.75, 3.05) is 12.4 Å². The molecule has 0 bridgehead atoms. The van der Waals surface area contributed by atoms with E-state index in [2.05, 4.69) is 10.1 Å². The molecule has 1 aliphatic rings. The van der Waals surface area contributed by atoms with Gasteiger partial charge >= 0.3 is 5.97 Å². The van der Waals surface area contributed by atoms with Gasteiger partial charge in [-0.3, -0.25) is 4.79 Å². The van der Waals surface area contributed by atoms with E-state index in [4.69, 9.17) is 11.6 Å². The molecular formula is C15H18ClNO3. The number of nitrogens with one attached hydrogen (secondary N) is 1. The Morgan fingerprint density at radius 1 is 1.25 bits per heavy atom. The number of methoxy groups -OCH3 is 1. The third kappa shape index (κ3) is 3.51. The standard InChI is InChI=1S/C15H18ClNO3/c1-20-15(19)12-9-11(7-8-13(12)16)17-14(18)10-5-3-2-4-6-10/h7-10H,2-6H2,1H3,(H,17,18). The van der Waals surface area contributed by atoms with Gasteiger partial charge in [-0.15, -0.1) is 0 Å². The minimum atomic E-state index is -0.510. The van der Waals surface area contributed by atoms with E-state index in [0.29, 0.717) is 10.7 Å². The summed E-state index contributed by atoms with van der Waals surface area (Å²) in [5.41, 5.74) is 0.834. The van der Waals surface area contributed by atoms with Crippen LogP contribution >= 0.6 is 11.6 Å². The van der Waals surface area contributed by atoms with E-state index in [1.165, 1.54) is 13.5 Å². The van der Waals surface area contributed by atoms with Gasteiger partial charge in [-0.2, -0.15) is 0 Å². The van der Waals surface area contributed by atoms with Crippen molar-refractivity contribution in [1.29, 1.82) is 0 Å². The summed E-state index contributed by atoms with van der Waals surface area (Å²) >= 11 is 5.94. The van der Waals surface area contributed by atoms with Gasteiger partial charge in [0, 0.05) is 11.6 Å². The Morgan fingerprint density at radius 2 is 1.95 bits per heavy atom. The number of anilines is 1. The highest BCUT2D eigenvalue weighted by Gasteiger charge is 2.21. The van der Waals surface area contributed by atoms with Gasteiger partial charge in [-0.25, -0.2) is 4.79 Å². The van der Waals surface area contributed by atoms with E-state index < -0.39 is 5.97 Å². The van der Waals surface area contributed by atoms with Crippen molar-refractivity contribution in [2.24, 2.45) is 5.92 Å². The van der Waals surface area contributed by atoms with Gasteiger partial charge in [-0.1, -0.05) is 30.9 Å². The first-order valence-electron chi connectivity index (χ1n) is 6.80. The molecule has 0 heterocycles. The molecule has 0 aliphatic heterocycles. The number of carbonyl (C=O) groups excluding carboxylic acids is 2. The third-order valence-electron chi connectivity index (χ3n) is 3.62. The van der Waals surface area contributed by atoms with Crippen molar-refractivity contribution in [3.8, 4) is 0 Å². The van der Waals surface area contributed by atoms with E-state index in [9.17, 15) is 9.59 Å². The molecule has 1 N–H and O–H groups in total. The maximum Gasteiger partial charge on any atom is 0.339 e. The summed E-state index contributed by atoms with van der Waals surface area (Å²) in [7, 11) is 1.30. The van der Waals surface area contributed by atoms with Gasteiger partial charge in [0.2, 0.25) is 5.91 Å². The van der Waals surface area contributed by atoms with Crippen LogP contribution in [0.5, 0.6) is 0 Å². The van der Waals surface area contributed by atoms with Gasteiger partial charge in [0.1, 0.15) is 0 Å². The molecule has 20 heavy (non-hydrogen) atoms. The highest BCUT2D eigenvalue weighted by molar-refractivity contribution is 6.33. The number of hydrogen-bond acceptors (Lipinski definition) is 3. The molecule has 4 nitrogen and oxygen atoms in total. The molecule has 0 saturated heterocycles. The number of rotatable bonds is 3. The molecule has 108 valence electrons. The molecule has 2 rings (SSSR count). The first-order valence-corrected chi connectivity index (χ1v) is 7.18. The molecule has 5 heteroatoms. The summed E-state index contributed by atoms with van der Waals surface area (Å²) in [6.07, 6.45) is 5.28. The highest BCUT2D eigenvalue weighted by Crippen LogP contribution is 2.26. The van der Waals surface area contributed by atoms with Crippen LogP contribution in [0.2, 0.25) is 5.02 Å². The van der Waals surface area contributed by atoms with Gasteiger partial charge in [-0.05, 0) is 31.0 Å². The minimum Gasteiger partial charge on any atom is -0.465 e. The number of ether oxygens (including phenoxy) is 1. The molecule has 0 unspecified atom stereocenters. The Labute approximate surface area is 123 Å². The average Bonchev–Trinajstić information content (AvgIpc) is 2.49. The van der Waals surface area contributed by atoms with Gasteiger partial charge in [0.05, 0.1) is 17.7 Å². The van der Waals surface area contributed by atoms with Crippen molar-refractivity contribution in [1.82, 2.24) is 0 Å². The summed E-state index contributed by atoms with van der Waals surface area (Å²) < 4.78 is 4.66. The lowest BCUT2D eigenvalue weighted by Crippen LogP contribution is -2.24. The van der Waals surface area contributed by atoms with Crippen LogP contribution in [0.4, 0.5) is 5.69 Å². The van der Waals surface area contributed by atoms with Gasteiger partial charge in [0.25, 0.3) is 0 Å². The van der Waals surface area contributed by atoms with Crippen molar-refractivity contribution in [3.05, 3.63) is 28.8 Å². The quantitative estimate of drug-likeness (QED) is 0.866. The van der Waals surface area contributed by atoms with E-state index >= 15 is 0 Å². The second-order valence-electron chi connectivity index (χ2n) is 5.01. The van der Waals surface area contributed by atoms with Crippen molar-refractivity contribution >= 4 is 29.2 Å². The second kappa shape index (κ2) is 6.75. The lowest BCUT2D eigenvalue weighted by atomic mass is 9.88. The van der Waals surface area contributed by atoms with Gasteiger partial charge < -0.3 is 10.1 Å². The molecule has 0 radical (unpaired) electrons. The predicted molar refractivity (Wildman–Crippen MR) is 78.0 cm³/mol. The average molecular weight is 296 g/mol. The number of benzene rings is 1. The number of amides is 1. The Kier molecular flexibility index (Phi) is 5.01. The first-order chi connectivity index (χ1) is 9.61. The molecule has 1 aromatic carbocycles. The SMILES string of the molecule is COC(=O)c1cc(NC(=O)C2CCCCC2)ccc1Cl.